The van der Waals surface area contributed by atoms with Gasteiger partial charge in [-0.2, -0.15) is 12.6 Å². The lowest BCUT2D eigenvalue weighted by Crippen LogP contribution is -2.37. The number of rotatable bonds is 13. The highest BCUT2D eigenvalue weighted by Crippen LogP contribution is 2.34. The van der Waals surface area contributed by atoms with E-state index < -0.39 is 30.2 Å². The summed E-state index contributed by atoms with van der Waals surface area (Å²) >= 11 is 3.92. The Balaban J connectivity index is 1.92. The second-order valence-corrected chi connectivity index (χ2v) is 8.21. The van der Waals surface area contributed by atoms with Crippen LogP contribution in [0.4, 0.5) is 4.79 Å². The van der Waals surface area contributed by atoms with Gasteiger partial charge in [-0.1, -0.05) is 54.6 Å². The summed E-state index contributed by atoms with van der Waals surface area (Å²) in [5.41, 5.74) is 0.716. The van der Waals surface area contributed by atoms with Crippen LogP contribution in [0.5, 0.6) is 11.5 Å². The normalized spacial score (nSPS) is 12.1. The molecule has 2 N–H and O–H groups in total. The fourth-order valence-corrected chi connectivity index (χ4v) is 3.61. The van der Waals surface area contributed by atoms with Crippen LogP contribution in [0.15, 0.2) is 84.9 Å². The van der Waals surface area contributed by atoms with E-state index in [-0.39, 0.29) is 37.6 Å². The monoisotopic (exact) mass is 539 g/mol. The topological polar surface area (TPSA) is 120 Å². The minimum atomic E-state index is -1.09. The van der Waals surface area contributed by atoms with Crippen molar-refractivity contribution in [2.24, 2.45) is 0 Å². The molecule has 0 fully saturated rings. The second kappa shape index (κ2) is 15.3. The predicted molar refractivity (Wildman–Crippen MR) is 142 cm³/mol. The Bertz CT molecular complexity index is 1180. The minimum absolute atomic E-state index is 0.00614. The molecule has 0 bridgehead atoms. The van der Waals surface area contributed by atoms with Crippen LogP contribution in [0.1, 0.15) is 28.4 Å². The third kappa shape index (κ3) is 8.82. The molecule has 0 aliphatic carbocycles. The lowest BCUT2D eigenvalue weighted by Gasteiger charge is -2.29. The Kier molecular flexibility index (Phi) is 11.5. The maximum absolute atomic E-state index is 12.9. The molecule has 0 saturated heterocycles. The number of carbonyl (C=O) groups excluding carboxylic acids is 3. The average Bonchev–Trinajstić information content (AvgIpc) is 2.95. The van der Waals surface area contributed by atoms with Gasteiger partial charge in [0.25, 0.3) is 5.91 Å². The highest BCUT2D eigenvalue weighted by atomic mass is 32.1. The van der Waals surface area contributed by atoms with E-state index in [9.17, 15) is 19.5 Å². The second-order valence-electron chi connectivity index (χ2n) is 7.89. The van der Waals surface area contributed by atoms with Crippen LogP contribution in [0, 0.1) is 0 Å². The first kappa shape index (κ1) is 28.5. The number of amides is 2. The number of benzene rings is 3. The molecule has 38 heavy (non-hydrogen) atoms. The number of imide groups is 1. The number of para-hydroxylation sites is 2. The van der Waals surface area contributed by atoms with Crippen molar-refractivity contribution >= 4 is 30.6 Å². The number of thiol groups is 1. The highest BCUT2D eigenvalue weighted by molar-refractivity contribution is 7.81. The van der Waals surface area contributed by atoms with Crippen molar-refractivity contribution in [3.8, 4) is 11.5 Å². The summed E-state index contributed by atoms with van der Waals surface area (Å²) in [5.74, 6) is -0.403. The van der Waals surface area contributed by atoms with E-state index in [4.69, 9.17) is 18.9 Å². The first-order valence-corrected chi connectivity index (χ1v) is 12.5. The molecule has 3 aromatic rings. The molecule has 0 unspecified atom stereocenters. The SMILES string of the molecule is O=C(CS)OCC[C@H](Oc1ccccc1)[C@@H](OC(=O)NC(=O)c1ccccc1)c1ccccc1OCCO. The molecule has 2 atom stereocenters. The summed E-state index contributed by atoms with van der Waals surface area (Å²) in [7, 11) is 0. The van der Waals surface area contributed by atoms with E-state index in [1.54, 1.807) is 78.9 Å². The Labute approximate surface area is 226 Å². The van der Waals surface area contributed by atoms with Gasteiger partial charge in [-0.05, 0) is 30.3 Å². The van der Waals surface area contributed by atoms with Gasteiger partial charge in [0.05, 0.1) is 19.0 Å². The number of esters is 1. The largest absolute Gasteiger partial charge is 0.491 e. The summed E-state index contributed by atoms with van der Waals surface area (Å²) in [5, 5.41) is 11.5. The van der Waals surface area contributed by atoms with Crippen LogP contribution in [-0.2, 0) is 14.3 Å². The molecular weight excluding hydrogens is 510 g/mol. The van der Waals surface area contributed by atoms with Gasteiger partial charge < -0.3 is 24.1 Å². The van der Waals surface area contributed by atoms with Gasteiger partial charge in [0.2, 0.25) is 0 Å². The van der Waals surface area contributed by atoms with Gasteiger partial charge in [0.15, 0.2) is 6.10 Å². The maximum Gasteiger partial charge on any atom is 0.414 e. The molecule has 0 aromatic heterocycles. The molecule has 0 saturated carbocycles. The van der Waals surface area contributed by atoms with E-state index >= 15 is 0 Å². The number of aliphatic hydroxyl groups is 1. The number of ether oxygens (including phenoxy) is 4. The zero-order valence-corrected chi connectivity index (χ0v) is 21.4. The zero-order valence-electron chi connectivity index (χ0n) is 20.5. The standard InChI is InChI=1S/C28H29NO8S/c30-16-18-34-23-14-8-7-13-22(23)26(37-28(33)29-27(32)20-9-3-1-4-10-20)24(15-17-35-25(31)19-38)36-21-11-5-2-6-12-21/h1-14,24,26,30,38H,15-19H2,(H,29,32,33)/t24-,26-/m0/s1. The third-order valence-electron chi connectivity index (χ3n) is 5.22. The molecule has 3 aromatic carbocycles. The molecule has 0 radical (unpaired) electrons. The predicted octanol–water partition coefficient (Wildman–Crippen LogP) is 3.98. The molecule has 2 amide bonds. The summed E-state index contributed by atoms with van der Waals surface area (Å²) in [4.78, 5) is 37.2. The first-order chi connectivity index (χ1) is 18.5. The Morgan fingerprint density at radius 2 is 1.53 bits per heavy atom. The number of hydrogen-bond donors (Lipinski definition) is 3. The number of carbonyl (C=O) groups is 3. The van der Waals surface area contributed by atoms with Gasteiger partial charge >= 0.3 is 12.1 Å². The third-order valence-corrected chi connectivity index (χ3v) is 5.48. The van der Waals surface area contributed by atoms with Crippen molar-refractivity contribution in [2.45, 2.75) is 18.6 Å². The van der Waals surface area contributed by atoms with Gasteiger partial charge in [-0.25, -0.2) is 4.79 Å². The van der Waals surface area contributed by atoms with Crippen LogP contribution in [0.25, 0.3) is 0 Å². The van der Waals surface area contributed by atoms with Crippen LogP contribution >= 0.6 is 12.6 Å². The lowest BCUT2D eigenvalue weighted by molar-refractivity contribution is -0.141. The summed E-state index contributed by atoms with van der Waals surface area (Å²) < 4.78 is 22.8. The van der Waals surface area contributed by atoms with Crippen molar-refractivity contribution in [3.63, 3.8) is 0 Å². The van der Waals surface area contributed by atoms with Gasteiger partial charge in [-0.3, -0.25) is 14.9 Å². The molecule has 0 heterocycles. The van der Waals surface area contributed by atoms with E-state index in [1.807, 2.05) is 6.07 Å². The summed E-state index contributed by atoms with van der Waals surface area (Å²) in [6.45, 7) is -0.261. The molecule has 0 aliphatic heterocycles. The van der Waals surface area contributed by atoms with Crippen LogP contribution in [0.3, 0.4) is 0 Å². The van der Waals surface area contributed by atoms with Crippen molar-refractivity contribution in [1.29, 1.82) is 0 Å². The van der Waals surface area contributed by atoms with Crippen LogP contribution < -0.4 is 14.8 Å². The molecule has 0 aliphatic rings. The fourth-order valence-electron chi connectivity index (χ4n) is 3.52. The molecule has 10 heteroatoms. The lowest BCUT2D eigenvalue weighted by atomic mass is 10.0. The molecule has 0 spiro atoms. The van der Waals surface area contributed by atoms with Crippen molar-refractivity contribution in [2.75, 3.05) is 25.6 Å². The van der Waals surface area contributed by atoms with Gasteiger partial charge in [-0.15, -0.1) is 0 Å². The molecular formula is C28H29NO8S. The van der Waals surface area contributed by atoms with Gasteiger partial charge in [0.1, 0.15) is 24.2 Å². The average molecular weight is 540 g/mol. The number of alkyl carbamates (subject to hydrolysis) is 1. The summed E-state index contributed by atoms with van der Waals surface area (Å²) in [6, 6.07) is 23.9. The van der Waals surface area contributed by atoms with E-state index in [2.05, 4.69) is 17.9 Å². The number of aliphatic hydroxyl groups excluding tert-OH is 1. The quantitative estimate of drug-likeness (QED) is 0.220. The van der Waals surface area contributed by atoms with E-state index in [1.165, 1.54) is 0 Å². The summed E-state index contributed by atoms with van der Waals surface area (Å²) in [6.07, 6.45) is -2.83. The molecule has 9 nitrogen and oxygen atoms in total. The van der Waals surface area contributed by atoms with Crippen molar-refractivity contribution < 1.29 is 38.4 Å². The first-order valence-electron chi connectivity index (χ1n) is 11.9. The zero-order chi connectivity index (χ0) is 27.2. The minimum Gasteiger partial charge on any atom is -0.491 e. The van der Waals surface area contributed by atoms with Crippen LogP contribution in [0.2, 0.25) is 0 Å². The highest BCUT2D eigenvalue weighted by Gasteiger charge is 2.32. The Morgan fingerprint density at radius 1 is 0.868 bits per heavy atom. The van der Waals surface area contributed by atoms with Gasteiger partial charge in [0, 0.05) is 17.5 Å². The van der Waals surface area contributed by atoms with Crippen LogP contribution in [-0.4, -0.2) is 54.8 Å². The number of hydrogen-bond acceptors (Lipinski definition) is 9. The fraction of sp³-hybridized carbons (Fsp3) is 0.250. The number of nitrogens with one attached hydrogen (secondary N) is 1. The van der Waals surface area contributed by atoms with Crippen molar-refractivity contribution in [3.05, 3.63) is 96.1 Å². The molecule has 3 rings (SSSR count). The molecule has 200 valence electrons. The van der Waals surface area contributed by atoms with E-state index in [0.29, 0.717) is 17.1 Å². The maximum atomic E-state index is 12.9. The Morgan fingerprint density at radius 3 is 2.21 bits per heavy atom. The van der Waals surface area contributed by atoms with Crippen molar-refractivity contribution in [1.82, 2.24) is 5.32 Å². The van der Waals surface area contributed by atoms with E-state index in [0.717, 1.165) is 0 Å². The Hall–Kier alpha value is -4.02. The smallest absolute Gasteiger partial charge is 0.414 e.